The van der Waals surface area contributed by atoms with Gasteiger partial charge in [-0.2, -0.15) is 0 Å². The van der Waals surface area contributed by atoms with E-state index in [9.17, 15) is 15.2 Å². The van der Waals surface area contributed by atoms with Crippen LogP contribution in [0.25, 0.3) is 0 Å². The molecule has 5 heteroatoms. The standard InChI is InChI=1S/C44H68O5/c1-9-39(3)24-17-33-30(28-39)13-15-35-41(33,5)20-11-22-43(35,7)37(49-47)27-32(45)19-26-48-38(46)44(8)23-12-21-42(6)34-18-25-40(4,10-2)29-31(34)14-16-36(42)44/h9-10,13-14,32-37,45,47H,1-2,11-12,15-29H2,3-8H3. The number of esters is 1. The predicted octanol–water partition coefficient (Wildman–Crippen LogP) is 10.8. The zero-order valence-corrected chi connectivity index (χ0v) is 31.8. The van der Waals surface area contributed by atoms with Crippen LogP contribution in [0.4, 0.5) is 0 Å². The van der Waals surface area contributed by atoms with Crippen LogP contribution in [0.2, 0.25) is 0 Å². The molecule has 0 aliphatic heterocycles. The van der Waals surface area contributed by atoms with E-state index in [0.717, 1.165) is 57.8 Å². The van der Waals surface area contributed by atoms with Crippen molar-refractivity contribution in [3.8, 4) is 0 Å². The van der Waals surface area contributed by atoms with Crippen LogP contribution in [0.15, 0.2) is 48.6 Å². The molecule has 2 N–H and O–H groups in total. The number of carbonyl (C=O) groups excluding carboxylic acids is 1. The lowest BCUT2D eigenvalue weighted by atomic mass is 9.44. The summed E-state index contributed by atoms with van der Waals surface area (Å²) in [6, 6.07) is 0. The molecule has 0 aromatic rings. The molecule has 0 radical (unpaired) electrons. The van der Waals surface area contributed by atoms with Gasteiger partial charge >= 0.3 is 5.97 Å². The Bertz CT molecular complexity index is 1350. The van der Waals surface area contributed by atoms with Gasteiger partial charge in [0.1, 0.15) is 6.10 Å². The number of carbonyl (C=O) groups is 1. The summed E-state index contributed by atoms with van der Waals surface area (Å²) < 4.78 is 6.06. The van der Waals surface area contributed by atoms with E-state index in [1.54, 1.807) is 11.1 Å². The van der Waals surface area contributed by atoms with Gasteiger partial charge in [0, 0.05) is 18.3 Å². The maximum absolute atomic E-state index is 13.9. The second-order valence-electron chi connectivity index (χ2n) is 19.4. The molecule has 0 spiro atoms. The second-order valence-corrected chi connectivity index (χ2v) is 19.4. The first kappa shape index (κ1) is 37.1. The summed E-state index contributed by atoms with van der Waals surface area (Å²) in [5.41, 5.74) is 3.03. The highest BCUT2D eigenvalue weighted by molar-refractivity contribution is 5.77. The van der Waals surface area contributed by atoms with E-state index in [2.05, 4.69) is 79.0 Å². The molecule has 4 saturated carbocycles. The molecule has 6 aliphatic carbocycles. The van der Waals surface area contributed by atoms with Crippen LogP contribution < -0.4 is 0 Å². The molecule has 6 rings (SSSR count). The molecular formula is C44H68O5. The third-order valence-electron chi connectivity index (χ3n) is 16.4. The second kappa shape index (κ2) is 13.4. The van der Waals surface area contributed by atoms with E-state index in [4.69, 9.17) is 9.62 Å². The first-order valence-electron chi connectivity index (χ1n) is 19.9. The highest BCUT2D eigenvalue weighted by atomic mass is 17.1. The minimum absolute atomic E-state index is 0.103. The third kappa shape index (κ3) is 6.28. The molecule has 6 aliphatic rings. The smallest absolute Gasteiger partial charge is 0.312 e. The molecule has 12 atom stereocenters. The predicted molar refractivity (Wildman–Crippen MR) is 198 cm³/mol. The molecule has 0 bridgehead atoms. The molecule has 0 saturated heterocycles. The van der Waals surface area contributed by atoms with Crippen molar-refractivity contribution in [2.75, 3.05) is 6.61 Å². The molecule has 12 unspecified atom stereocenters. The van der Waals surface area contributed by atoms with Crippen LogP contribution in [0.1, 0.15) is 144 Å². The fourth-order valence-electron chi connectivity index (χ4n) is 13.1. The van der Waals surface area contributed by atoms with E-state index in [0.29, 0.717) is 30.6 Å². The number of hydrogen-bond donors (Lipinski definition) is 2. The zero-order valence-electron chi connectivity index (χ0n) is 31.8. The van der Waals surface area contributed by atoms with Crippen molar-refractivity contribution in [3.63, 3.8) is 0 Å². The Morgan fingerprint density at radius 1 is 0.837 bits per heavy atom. The Balaban J connectivity index is 1.08. The summed E-state index contributed by atoms with van der Waals surface area (Å²) in [6.45, 7) is 22.5. The lowest BCUT2D eigenvalue weighted by molar-refractivity contribution is -0.322. The van der Waals surface area contributed by atoms with Crippen molar-refractivity contribution in [1.82, 2.24) is 0 Å². The molecule has 0 amide bonds. The highest BCUT2D eigenvalue weighted by Gasteiger charge is 2.60. The topological polar surface area (TPSA) is 76.0 Å². The molecule has 0 heterocycles. The van der Waals surface area contributed by atoms with Gasteiger partial charge in [0.2, 0.25) is 0 Å². The first-order valence-corrected chi connectivity index (χ1v) is 19.9. The van der Waals surface area contributed by atoms with Gasteiger partial charge in [-0.15, -0.1) is 13.2 Å². The molecule has 4 fully saturated rings. The van der Waals surface area contributed by atoms with Gasteiger partial charge in [0.15, 0.2) is 0 Å². The summed E-state index contributed by atoms with van der Waals surface area (Å²) in [4.78, 5) is 19.2. The zero-order chi connectivity index (χ0) is 35.5. The fraction of sp³-hybridized carbons (Fsp3) is 0.795. The molecule has 0 aromatic heterocycles. The van der Waals surface area contributed by atoms with Crippen molar-refractivity contribution < 1.29 is 24.8 Å². The van der Waals surface area contributed by atoms with E-state index >= 15 is 0 Å². The summed E-state index contributed by atoms with van der Waals surface area (Å²) in [6.07, 6.45) is 23.9. The van der Waals surface area contributed by atoms with Crippen LogP contribution >= 0.6 is 0 Å². The van der Waals surface area contributed by atoms with Crippen molar-refractivity contribution in [2.45, 2.75) is 156 Å². The van der Waals surface area contributed by atoms with Crippen LogP contribution in [0.5, 0.6) is 0 Å². The lowest BCUT2D eigenvalue weighted by Gasteiger charge is -2.61. The number of allylic oxidation sites excluding steroid dienone is 6. The van der Waals surface area contributed by atoms with Gasteiger partial charge in [0.05, 0.1) is 18.1 Å². The maximum atomic E-state index is 13.9. The average Bonchev–Trinajstić information content (AvgIpc) is 3.06. The Hall–Kier alpha value is -1.69. The lowest BCUT2D eigenvalue weighted by Crippen LogP contribution is -2.55. The third-order valence-corrected chi connectivity index (χ3v) is 16.4. The van der Waals surface area contributed by atoms with E-state index in [-0.39, 0.29) is 45.6 Å². The van der Waals surface area contributed by atoms with Crippen LogP contribution in [0, 0.1) is 56.2 Å². The molecule has 0 aromatic carbocycles. The van der Waals surface area contributed by atoms with Gasteiger partial charge in [-0.05, 0) is 129 Å². The summed E-state index contributed by atoms with van der Waals surface area (Å²) in [7, 11) is 0. The van der Waals surface area contributed by atoms with E-state index in [1.807, 2.05) is 0 Å². The summed E-state index contributed by atoms with van der Waals surface area (Å²) in [5, 5.41) is 21.7. The van der Waals surface area contributed by atoms with Crippen molar-refractivity contribution >= 4 is 5.97 Å². The number of ether oxygens (including phenoxy) is 1. The van der Waals surface area contributed by atoms with Gasteiger partial charge in [-0.1, -0.05) is 82.9 Å². The van der Waals surface area contributed by atoms with Gasteiger partial charge in [-0.3, -0.25) is 10.1 Å². The fourth-order valence-corrected chi connectivity index (χ4v) is 13.1. The Labute approximate surface area is 298 Å². The van der Waals surface area contributed by atoms with Crippen LogP contribution in [-0.2, 0) is 14.4 Å². The molecule has 5 nitrogen and oxygen atoms in total. The van der Waals surface area contributed by atoms with Crippen LogP contribution in [0.3, 0.4) is 0 Å². The number of aliphatic hydroxyl groups excluding tert-OH is 1. The summed E-state index contributed by atoms with van der Waals surface area (Å²) >= 11 is 0. The number of aliphatic hydroxyl groups is 1. The van der Waals surface area contributed by atoms with Crippen LogP contribution in [-0.4, -0.2) is 35.1 Å². The van der Waals surface area contributed by atoms with Crippen molar-refractivity contribution in [2.24, 2.45) is 56.2 Å². The average molecular weight is 677 g/mol. The molecule has 274 valence electrons. The SMILES string of the molecule is C=CC1(C)CCC2C(=CCC3C(C)(C(=O)OCCC(O)CC(OO)C4(C)CCCC5(C)C6CCC(C)(C=C)CC6=CCC45)CCCC23C)C1. The molecule has 49 heavy (non-hydrogen) atoms. The Morgan fingerprint density at radius 3 is 1.92 bits per heavy atom. The van der Waals surface area contributed by atoms with Gasteiger partial charge in [0.25, 0.3) is 0 Å². The number of fused-ring (bicyclic) bond motifs is 6. The normalized spacial score (nSPS) is 46.0. The Kier molecular flexibility index (Phi) is 10.1. The first-order chi connectivity index (χ1) is 23.1. The maximum Gasteiger partial charge on any atom is 0.312 e. The van der Waals surface area contributed by atoms with Gasteiger partial charge in [-0.25, -0.2) is 4.89 Å². The minimum Gasteiger partial charge on any atom is -0.465 e. The largest absolute Gasteiger partial charge is 0.465 e. The number of rotatable bonds is 10. The monoisotopic (exact) mass is 677 g/mol. The van der Waals surface area contributed by atoms with E-state index in [1.165, 1.54) is 32.1 Å². The quantitative estimate of drug-likeness (QED) is 0.104. The van der Waals surface area contributed by atoms with Crippen molar-refractivity contribution in [3.05, 3.63) is 48.6 Å². The number of hydrogen-bond acceptors (Lipinski definition) is 5. The highest BCUT2D eigenvalue weighted by Crippen LogP contribution is 2.66. The summed E-state index contributed by atoms with van der Waals surface area (Å²) in [5.74, 6) is 1.62. The van der Waals surface area contributed by atoms with Gasteiger partial charge < -0.3 is 9.84 Å². The van der Waals surface area contributed by atoms with Crippen molar-refractivity contribution in [1.29, 1.82) is 0 Å². The Morgan fingerprint density at radius 2 is 1.37 bits per heavy atom. The molecular weight excluding hydrogens is 608 g/mol. The minimum atomic E-state index is -0.723. The van der Waals surface area contributed by atoms with E-state index < -0.39 is 17.6 Å².